The van der Waals surface area contributed by atoms with E-state index in [2.05, 4.69) is 49.9 Å². The molecule has 1 aliphatic rings. The van der Waals surface area contributed by atoms with Crippen molar-refractivity contribution in [3.05, 3.63) is 20.8 Å². The monoisotopic (exact) mass is 529 g/mol. The van der Waals surface area contributed by atoms with Crippen molar-refractivity contribution in [3.63, 3.8) is 0 Å². The van der Waals surface area contributed by atoms with E-state index in [1.54, 1.807) is 11.3 Å². The predicted molar refractivity (Wildman–Crippen MR) is 118 cm³/mol. The van der Waals surface area contributed by atoms with Crippen molar-refractivity contribution in [2.24, 2.45) is 10.4 Å². The Bertz CT molecular complexity index is 504. The highest BCUT2D eigenvalue weighted by Crippen LogP contribution is 2.40. The molecule has 1 aromatic rings. The van der Waals surface area contributed by atoms with E-state index in [1.807, 2.05) is 7.05 Å². The van der Waals surface area contributed by atoms with Gasteiger partial charge in [0.25, 0.3) is 0 Å². The molecule has 0 radical (unpaired) electrons. The first-order valence-corrected chi connectivity index (χ1v) is 10.1. The molecule has 1 aromatic heterocycles. The second kappa shape index (κ2) is 11.7. The van der Waals surface area contributed by atoms with Crippen molar-refractivity contribution in [1.29, 1.82) is 0 Å². The van der Waals surface area contributed by atoms with Crippen molar-refractivity contribution < 1.29 is 4.74 Å². The van der Waals surface area contributed by atoms with Crippen LogP contribution >= 0.6 is 51.2 Å². The van der Waals surface area contributed by atoms with Gasteiger partial charge in [0.05, 0.1) is 6.54 Å². The quantitative estimate of drug-likeness (QED) is 0.220. The van der Waals surface area contributed by atoms with Crippen LogP contribution in [0.15, 0.2) is 20.9 Å². The van der Waals surface area contributed by atoms with Crippen molar-refractivity contribution in [1.82, 2.24) is 10.6 Å². The zero-order valence-electron chi connectivity index (χ0n) is 14.6. The molecule has 4 nitrogen and oxygen atoms in total. The highest BCUT2D eigenvalue weighted by Gasteiger charge is 2.33. The molecule has 1 fully saturated rings. The lowest BCUT2D eigenvalue weighted by Crippen LogP contribution is -2.43. The minimum absolute atomic E-state index is 0. The zero-order valence-corrected chi connectivity index (χ0v) is 19.3. The van der Waals surface area contributed by atoms with Gasteiger partial charge in [0.15, 0.2) is 5.96 Å². The molecule has 1 heterocycles. The lowest BCUT2D eigenvalue weighted by Gasteiger charge is -2.30. The van der Waals surface area contributed by atoms with Gasteiger partial charge in [-0.2, -0.15) is 0 Å². The van der Waals surface area contributed by atoms with Crippen LogP contribution in [0.3, 0.4) is 0 Å². The second-order valence-electron chi connectivity index (χ2n) is 6.16. The summed E-state index contributed by atoms with van der Waals surface area (Å²) in [4.78, 5) is 5.65. The molecule has 2 N–H and O–H groups in total. The number of ether oxygens (including phenoxy) is 1. The first-order valence-electron chi connectivity index (χ1n) is 8.42. The van der Waals surface area contributed by atoms with Gasteiger partial charge in [0, 0.05) is 41.5 Å². The summed E-state index contributed by atoms with van der Waals surface area (Å²) in [7, 11) is 1.83. The standard InChI is InChI=1S/C17H28BrN3OS.HI/c1-3-22-9-8-17(6-4-5-7-17)13-21-16(19-2)20-11-15-10-14(18)12-23-15;/h10,12H,3-9,11,13H2,1-2H3,(H2,19,20,21);1H. The maximum absolute atomic E-state index is 5.58. The van der Waals surface area contributed by atoms with Crippen molar-refractivity contribution in [2.45, 2.75) is 45.6 Å². The lowest BCUT2D eigenvalue weighted by molar-refractivity contribution is 0.105. The SMILES string of the molecule is CCOCCC1(CNC(=NC)NCc2cc(Br)cs2)CCCC1.I. The molecule has 1 aliphatic carbocycles. The average Bonchev–Trinajstić information content (AvgIpc) is 3.18. The fourth-order valence-electron chi connectivity index (χ4n) is 3.18. The van der Waals surface area contributed by atoms with Gasteiger partial charge in [-0.05, 0) is 53.6 Å². The van der Waals surface area contributed by atoms with Crippen LogP contribution in [0, 0.1) is 5.41 Å². The van der Waals surface area contributed by atoms with Gasteiger partial charge >= 0.3 is 0 Å². The number of aliphatic imine (C=N–C) groups is 1. The molecule has 0 aromatic carbocycles. The minimum Gasteiger partial charge on any atom is -0.382 e. The number of rotatable bonds is 8. The number of hydrogen-bond donors (Lipinski definition) is 2. The summed E-state index contributed by atoms with van der Waals surface area (Å²) in [5.74, 6) is 0.886. The van der Waals surface area contributed by atoms with Crippen LogP contribution in [-0.2, 0) is 11.3 Å². The Morgan fingerprint density at radius 3 is 2.71 bits per heavy atom. The molecule has 24 heavy (non-hydrogen) atoms. The minimum atomic E-state index is 0. The summed E-state index contributed by atoms with van der Waals surface area (Å²) in [5.41, 5.74) is 0.374. The van der Waals surface area contributed by atoms with Crippen LogP contribution in [0.4, 0.5) is 0 Å². The maximum atomic E-state index is 5.58. The van der Waals surface area contributed by atoms with Gasteiger partial charge < -0.3 is 15.4 Å². The molecule has 0 amide bonds. The summed E-state index contributed by atoms with van der Waals surface area (Å²) in [5, 5.41) is 9.04. The van der Waals surface area contributed by atoms with E-state index < -0.39 is 0 Å². The van der Waals surface area contributed by atoms with E-state index in [1.165, 1.54) is 30.6 Å². The average molecular weight is 530 g/mol. The molecule has 2 rings (SSSR count). The van der Waals surface area contributed by atoms with Crippen molar-refractivity contribution >= 4 is 57.2 Å². The summed E-state index contributed by atoms with van der Waals surface area (Å²) in [6, 6.07) is 2.14. The van der Waals surface area contributed by atoms with E-state index in [4.69, 9.17) is 4.74 Å². The topological polar surface area (TPSA) is 45.6 Å². The summed E-state index contributed by atoms with van der Waals surface area (Å²) < 4.78 is 6.73. The first-order chi connectivity index (χ1) is 11.2. The van der Waals surface area contributed by atoms with Gasteiger partial charge in [0.1, 0.15) is 0 Å². The molecule has 0 unspecified atom stereocenters. The molecular formula is C17H29BrIN3OS. The molecule has 0 spiro atoms. The van der Waals surface area contributed by atoms with E-state index in [9.17, 15) is 0 Å². The molecular weight excluding hydrogens is 501 g/mol. The van der Waals surface area contributed by atoms with Crippen LogP contribution < -0.4 is 10.6 Å². The smallest absolute Gasteiger partial charge is 0.191 e. The van der Waals surface area contributed by atoms with Crippen molar-refractivity contribution in [3.8, 4) is 0 Å². The molecule has 1 saturated carbocycles. The van der Waals surface area contributed by atoms with Gasteiger partial charge in [-0.3, -0.25) is 4.99 Å². The van der Waals surface area contributed by atoms with E-state index in [-0.39, 0.29) is 24.0 Å². The third-order valence-electron chi connectivity index (χ3n) is 4.55. The largest absolute Gasteiger partial charge is 0.382 e. The normalized spacial score (nSPS) is 16.7. The van der Waals surface area contributed by atoms with E-state index in [0.29, 0.717) is 5.41 Å². The number of nitrogens with one attached hydrogen (secondary N) is 2. The maximum Gasteiger partial charge on any atom is 0.191 e. The summed E-state index contributed by atoms with van der Waals surface area (Å²) >= 11 is 5.24. The molecule has 0 aliphatic heterocycles. The fraction of sp³-hybridized carbons (Fsp3) is 0.706. The summed E-state index contributed by atoms with van der Waals surface area (Å²) in [6.45, 7) is 5.53. The van der Waals surface area contributed by atoms with Gasteiger partial charge in [-0.25, -0.2) is 0 Å². The van der Waals surface area contributed by atoms with E-state index in [0.717, 1.165) is 43.2 Å². The van der Waals surface area contributed by atoms with Crippen LogP contribution in [0.1, 0.15) is 43.9 Å². The Kier molecular flexibility index (Phi) is 10.8. The number of thiophene rings is 1. The third kappa shape index (κ3) is 7.17. The third-order valence-corrected chi connectivity index (χ3v) is 6.25. The van der Waals surface area contributed by atoms with Crippen LogP contribution in [0.25, 0.3) is 0 Å². The van der Waals surface area contributed by atoms with Crippen LogP contribution in [-0.4, -0.2) is 32.8 Å². The van der Waals surface area contributed by atoms with Gasteiger partial charge in [-0.15, -0.1) is 35.3 Å². The van der Waals surface area contributed by atoms with E-state index >= 15 is 0 Å². The Labute approximate surface area is 175 Å². The first kappa shape index (κ1) is 22.2. The molecule has 0 bridgehead atoms. The number of nitrogens with zero attached hydrogens (tertiary/aromatic N) is 1. The highest BCUT2D eigenvalue weighted by molar-refractivity contribution is 14.0. The number of hydrogen-bond acceptors (Lipinski definition) is 3. The van der Waals surface area contributed by atoms with Crippen LogP contribution in [0.5, 0.6) is 0 Å². The fourth-order valence-corrected chi connectivity index (χ4v) is 4.57. The Hall–Kier alpha value is 0.140. The zero-order chi connectivity index (χ0) is 16.5. The second-order valence-corrected chi connectivity index (χ2v) is 8.08. The highest BCUT2D eigenvalue weighted by atomic mass is 127. The predicted octanol–water partition coefficient (Wildman–Crippen LogP) is 4.78. The van der Waals surface area contributed by atoms with Gasteiger partial charge in [0.2, 0.25) is 0 Å². The Balaban J connectivity index is 0.00000288. The Morgan fingerprint density at radius 1 is 1.38 bits per heavy atom. The molecule has 138 valence electrons. The number of halogens is 2. The lowest BCUT2D eigenvalue weighted by atomic mass is 9.83. The van der Waals surface area contributed by atoms with Crippen molar-refractivity contribution in [2.75, 3.05) is 26.8 Å². The molecule has 0 saturated heterocycles. The summed E-state index contributed by atoms with van der Waals surface area (Å²) in [6.07, 6.45) is 6.40. The molecule has 0 atom stereocenters. The Morgan fingerprint density at radius 2 is 2.12 bits per heavy atom. The molecule has 7 heteroatoms. The van der Waals surface area contributed by atoms with Gasteiger partial charge in [-0.1, -0.05) is 12.8 Å². The van der Waals surface area contributed by atoms with Crippen LogP contribution in [0.2, 0.25) is 0 Å². The number of guanidine groups is 1.